The van der Waals surface area contributed by atoms with E-state index in [0.29, 0.717) is 19.3 Å². The first kappa shape index (κ1) is 21.8. The molecule has 6 rings (SSSR count). The van der Waals surface area contributed by atoms with Crippen molar-refractivity contribution in [2.24, 2.45) is 11.8 Å². The summed E-state index contributed by atoms with van der Waals surface area (Å²) >= 11 is 0. The summed E-state index contributed by atoms with van der Waals surface area (Å²) in [6.07, 6.45) is 0.561. The second kappa shape index (κ2) is 7.50. The first-order valence-electron chi connectivity index (χ1n) is 10.9. The first-order chi connectivity index (χ1) is 15.5. The Hall–Kier alpha value is -3.04. The minimum atomic E-state index is -4.68. The van der Waals surface area contributed by atoms with E-state index in [2.05, 4.69) is 20.6 Å². The predicted octanol–water partition coefficient (Wildman–Crippen LogP) is 3.89. The van der Waals surface area contributed by atoms with E-state index in [1.165, 1.54) is 18.2 Å². The minimum Gasteiger partial charge on any atom is -0.346 e. The van der Waals surface area contributed by atoms with E-state index in [0.717, 1.165) is 31.5 Å². The Labute approximate surface area is 187 Å². The van der Waals surface area contributed by atoms with E-state index in [9.17, 15) is 27.2 Å². The van der Waals surface area contributed by atoms with Gasteiger partial charge >= 0.3 is 6.18 Å². The molecule has 0 radical (unpaired) electrons. The number of carbonyl (C=O) groups is 2. The maximum Gasteiger partial charge on any atom is 0.433 e. The molecular weight excluding hydrogens is 440 g/mol. The summed E-state index contributed by atoms with van der Waals surface area (Å²) in [5.74, 6) is -1.63. The van der Waals surface area contributed by atoms with Crippen LogP contribution in [0.5, 0.6) is 0 Å². The van der Waals surface area contributed by atoms with Gasteiger partial charge in [0.15, 0.2) is 0 Å². The standard InChI is InChI=1S/C23H22F4N4O2/c24-16-3-1-2-15(7-16)19(32)30-21-8-13-6-14(9-21)11-22(10-13,12-21)31-20(33)18-28-5-4-17(29-18)23(25,26)27/h1-5,7,13-14H,6,8-12H2,(H,30,32)(H,31,33). The fraction of sp³-hybridized carbons (Fsp3) is 0.478. The summed E-state index contributed by atoms with van der Waals surface area (Å²) in [4.78, 5) is 32.9. The minimum absolute atomic E-state index is 0.223. The molecule has 33 heavy (non-hydrogen) atoms. The highest BCUT2D eigenvalue weighted by Gasteiger charge is 2.59. The maximum atomic E-state index is 13.6. The Morgan fingerprint density at radius 2 is 1.61 bits per heavy atom. The van der Waals surface area contributed by atoms with Gasteiger partial charge in [0.2, 0.25) is 5.82 Å². The fourth-order valence-corrected chi connectivity index (χ4v) is 6.42. The molecule has 2 amide bonds. The molecule has 2 N–H and O–H groups in total. The Bertz CT molecular complexity index is 1110. The van der Waals surface area contributed by atoms with Crippen molar-refractivity contribution in [2.45, 2.75) is 55.8 Å². The fourth-order valence-electron chi connectivity index (χ4n) is 6.42. The van der Waals surface area contributed by atoms with Gasteiger partial charge in [-0.1, -0.05) is 6.07 Å². The molecule has 1 aromatic carbocycles. The summed E-state index contributed by atoms with van der Waals surface area (Å²) < 4.78 is 52.6. The Morgan fingerprint density at radius 3 is 2.21 bits per heavy atom. The molecule has 0 spiro atoms. The lowest BCUT2D eigenvalue weighted by atomic mass is 9.49. The van der Waals surface area contributed by atoms with E-state index in [4.69, 9.17) is 0 Å². The number of benzene rings is 1. The molecule has 2 atom stereocenters. The molecule has 6 nitrogen and oxygen atoms in total. The molecule has 4 saturated carbocycles. The van der Waals surface area contributed by atoms with Crippen LogP contribution in [0.2, 0.25) is 0 Å². The van der Waals surface area contributed by atoms with Crippen molar-refractivity contribution < 1.29 is 27.2 Å². The van der Waals surface area contributed by atoms with Crippen LogP contribution in [0, 0.1) is 17.7 Å². The van der Waals surface area contributed by atoms with E-state index < -0.39 is 40.5 Å². The predicted molar refractivity (Wildman–Crippen MR) is 109 cm³/mol. The van der Waals surface area contributed by atoms with E-state index in [-0.39, 0.29) is 23.3 Å². The second-order valence-corrected chi connectivity index (χ2v) is 9.70. The lowest BCUT2D eigenvalue weighted by molar-refractivity contribution is -0.141. The number of nitrogens with one attached hydrogen (secondary N) is 2. The van der Waals surface area contributed by atoms with E-state index in [1.54, 1.807) is 6.07 Å². The van der Waals surface area contributed by atoms with Gasteiger partial charge in [0, 0.05) is 22.8 Å². The third-order valence-electron chi connectivity index (χ3n) is 7.05. The number of amides is 2. The van der Waals surface area contributed by atoms with Gasteiger partial charge < -0.3 is 10.6 Å². The van der Waals surface area contributed by atoms with Gasteiger partial charge in [-0.2, -0.15) is 13.2 Å². The highest BCUT2D eigenvalue weighted by Crippen LogP contribution is 2.57. The van der Waals surface area contributed by atoms with Gasteiger partial charge in [0.25, 0.3) is 11.8 Å². The van der Waals surface area contributed by atoms with Gasteiger partial charge in [-0.3, -0.25) is 9.59 Å². The summed E-state index contributed by atoms with van der Waals surface area (Å²) in [6.45, 7) is 0. The zero-order valence-electron chi connectivity index (χ0n) is 17.6. The molecule has 0 saturated heterocycles. The number of aromatic nitrogens is 2. The smallest absolute Gasteiger partial charge is 0.346 e. The molecule has 2 aromatic rings. The molecule has 4 aliphatic carbocycles. The van der Waals surface area contributed by atoms with Crippen molar-refractivity contribution in [2.75, 3.05) is 0 Å². The highest BCUT2D eigenvalue weighted by molar-refractivity contribution is 5.95. The number of rotatable bonds is 4. The Morgan fingerprint density at radius 1 is 0.970 bits per heavy atom. The van der Waals surface area contributed by atoms with Gasteiger partial charge in [0.1, 0.15) is 11.5 Å². The average molecular weight is 462 g/mol. The van der Waals surface area contributed by atoms with Crippen molar-refractivity contribution in [1.82, 2.24) is 20.6 Å². The lowest BCUT2D eigenvalue weighted by Crippen LogP contribution is -2.70. The third-order valence-corrected chi connectivity index (χ3v) is 7.05. The number of halogens is 4. The Kier molecular flexibility index (Phi) is 4.95. The van der Waals surface area contributed by atoms with Crippen LogP contribution in [0.1, 0.15) is 65.2 Å². The molecule has 1 heterocycles. The number of nitrogens with zero attached hydrogens (tertiary/aromatic N) is 2. The molecule has 10 heteroatoms. The van der Waals surface area contributed by atoms with Crippen LogP contribution in [-0.4, -0.2) is 32.9 Å². The zero-order valence-corrected chi connectivity index (χ0v) is 17.6. The van der Waals surface area contributed by atoms with Crippen LogP contribution in [0.3, 0.4) is 0 Å². The van der Waals surface area contributed by atoms with Gasteiger partial charge in [0.05, 0.1) is 0 Å². The van der Waals surface area contributed by atoms with Crippen LogP contribution in [-0.2, 0) is 6.18 Å². The van der Waals surface area contributed by atoms with Crippen molar-refractivity contribution >= 4 is 11.8 Å². The molecule has 4 aliphatic rings. The topological polar surface area (TPSA) is 84.0 Å². The van der Waals surface area contributed by atoms with Crippen LogP contribution in [0.4, 0.5) is 17.6 Å². The summed E-state index contributed by atoms with van der Waals surface area (Å²) in [7, 11) is 0. The highest BCUT2D eigenvalue weighted by atomic mass is 19.4. The van der Waals surface area contributed by atoms with Gasteiger partial charge in [-0.05, 0) is 74.6 Å². The van der Waals surface area contributed by atoms with Crippen LogP contribution in [0.25, 0.3) is 0 Å². The molecule has 4 bridgehead atoms. The quantitative estimate of drug-likeness (QED) is 0.676. The van der Waals surface area contributed by atoms with Crippen molar-refractivity contribution in [3.63, 3.8) is 0 Å². The average Bonchev–Trinajstić information content (AvgIpc) is 2.71. The van der Waals surface area contributed by atoms with Crippen LogP contribution >= 0.6 is 0 Å². The monoisotopic (exact) mass is 462 g/mol. The Balaban J connectivity index is 1.37. The second-order valence-electron chi connectivity index (χ2n) is 9.70. The number of hydrogen-bond acceptors (Lipinski definition) is 4. The normalized spacial score (nSPS) is 30.2. The first-order valence-corrected chi connectivity index (χ1v) is 10.9. The SMILES string of the molecule is O=C(NC12CC3CC(C1)CC(NC(=O)c1nccc(C(F)(F)F)n1)(C3)C2)c1cccc(F)c1. The van der Waals surface area contributed by atoms with Crippen molar-refractivity contribution in [3.05, 3.63) is 59.4 Å². The van der Waals surface area contributed by atoms with E-state index in [1.807, 2.05) is 0 Å². The van der Waals surface area contributed by atoms with Crippen LogP contribution in [0.15, 0.2) is 36.5 Å². The molecule has 4 fully saturated rings. The van der Waals surface area contributed by atoms with Gasteiger partial charge in [-0.15, -0.1) is 0 Å². The van der Waals surface area contributed by atoms with Crippen LogP contribution < -0.4 is 10.6 Å². The van der Waals surface area contributed by atoms with Crippen molar-refractivity contribution in [1.29, 1.82) is 0 Å². The summed E-state index contributed by atoms with van der Waals surface area (Å²) in [6, 6.07) is 6.18. The largest absolute Gasteiger partial charge is 0.433 e. The van der Waals surface area contributed by atoms with E-state index >= 15 is 0 Å². The molecular formula is C23H22F4N4O2. The van der Waals surface area contributed by atoms with Crippen molar-refractivity contribution in [3.8, 4) is 0 Å². The van der Waals surface area contributed by atoms with Gasteiger partial charge in [-0.25, -0.2) is 14.4 Å². The molecule has 0 aliphatic heterocycles. The molecule has 2 unspecified atom stereocenters. The lowest BCUT2D eigenvalue weighted by Gasteiger charge is -2.62. The number of carbonyl (C=O) groups excluding carboxylic acids is 2. The summed E-state index contributed by atoms with van der Waals surface area (Å²) in [5.41, 5.74) is -2.17. The zero-order chi connectivity index (χ0) is 23.4. The third kappa shape index (κ3) is 4.18. The maximum absolute atomic E-state index is 13.6. The number of hydrogen-bond donors (Lipinski definition) is 2. The number of alkyl halides is 3. The summed E-state index contributed by atoms with van der Waals surface area (Å²) in [5, 5.41) is 6.02. The molecule has 1 aromatic heterocycles. The molecule has 174 valence electrons.